The summed E-state index contributed by atoms with van der Waals surface area (Å²) >= 11 is 0. The van der Waals surface area contributed by atoms with Crippen molar-refractivity contribution in [2.24, 2.45) is 0 Å². The lowest BCUT2D eigenvalue weighted by molar-refractivity contribution is -0.300. The highest BCUT2D eigenvalue weighted by Crippen LogP contribution is 2.23. The highest BCUT2D eigenvalue weighted by atomic mass is 16.7. The Bertz CT molecular complexity index is 1310. The van der Waals surface area contributed by atoms with Gasteiger partial charge in [0.1, 0.15) is 55.1 Å². The summed E-state index contributed by atoms with van der Waals surface area (Å²) < 4.78 is 21.4. The second-order valence-electron chi connectivity index (χ2n) is 16.3. The molecule has 65 heavy (non-hydrogen) atoms. The summed E-state index contributed by atoms with van der Waals surface area (Å²) in [6, 6.07) is 0. The van der Waals surface area contributed by atoms with Gasteiger partial charge in [0, 0.05) is 52.6 Å². The van der Waals surface area contributed by atoms with Crippen LogP contribution in [-0.4, -0.2) is 235 Å². The molecule has 2 aliphatic rings. The molecule has 0 spiro atoms. The Hall–Kier alpha value is -2.76. The van der Waals surface area contributed by atoms with Gasteiger partial charge in [-0.15, -0.1) is 0 Å². The lowest BCUT2D eigenvalue weighted by Gasteiger charge is -2.39. The Labute approximate surface area is 381 Å². The smallest absolute Gasteiger partial charge is 0.234 e. The zero-order valence-electron chi connectivity index (χ0n) is 37.8. The molecule has 15 N–H and O–H groups in total. The number of hydrogen-bond acceptors (Lipinski definition) is 20. The van der Waals surface area contributed by atoms with Gasteiger partial charge in [0.25, 0.3) is 0 Å². The average Bonchev–Trinajstić information content (AvgIpc) is 3.28. The predicted molar refractivity (Wildman–Crippen MR) is 231 cm³/mol. The number of nitrogens with one attached hydrogen (secondary N) is 6. The highest BCUT2D eigenvalue weighted by Gasteiger charge is 2.45. The Morgan fingerprint density at radius 1 is 0.538 bits per heavy atom. The SMILES string of the molecule is CNC(=O)CCCCCNC(=O)CN(CC(=O)NCCCCCC(=O)NCCOC1OC(CO)C(O)C(O)C1O)CC(O)NCCCCCCNCCOC1OC(CO)C(O)C(O)C1O. The first kappa shape index (κ1) is 58.4. The van der Waals surface area contributed by atoms with Gasteiger partial charge in [-0.25, -0.2) is 0 Å². The summed E-state index contributed by atoms with van der Waals surface area (Å²) in [5, 5.41) is 106. The minimum atomic E-state index is -1.56. The third-order valence-electron chi connectivity index (χ3n) is 10.9. The minimum absolute atomic E-state index is 0.0186. The number of aliphatic hydroxyl groups is 9. The maximum absolute atomic E-state index is 12.9. The van der Waals surface area contributed by atoms with Gasteiger partial charge in [-0.3, -0.25) is 29.4 Å². The quantitative estimate of drug-likeness (QED) is 0.0205. The molecule has 0 radical (unpaired) electrons. The van der Waals surface area contributed by atoms with E-state index in [9.17, 15) is 65.1 Å². The van der Waals surface area contributed by atoms with Crippen LogP contribution in [0, 0.1) is 0 Å². The summed E-state index contributed by atoms with van der Waals surface area (Å²) in [4.78, 5) is 50.9. The van der Waals surface area contributed by atoms with Crippen molar-refractivity contribution in [3.05, 3.63) is 0 Å². The van der Waals surface area contributed by atoms with E-state index in [1.54, 1.807) is 11.9 Å². The fourth-order valence-electron chi connectivity index (χ4n) is 7.00. The van der Waals surface area contributed by atoms with Crippen molar-refractivity contribution in [3.63, 3.8) is 0 Å². The summed E-state index contributed by atoms with van der Waals surface area (Å²) in [5.74, 6) is -0.903. The lowest BCUT2D eigenvalue weighted by atomic mass is 9.99. The van der Waals surface area contributed by atoms with Crippen molar-refractivity contribution < 1.29 is 84.1 Å². The second-order valence-corrected chi connectivity index (χ2v) is 16.3. The molecule has 2 fully saturated rings. The van der Waals surface area contributed by atoms with Crippen molar-refractivity contribution in [2.45, 2.75) is 145 Å². The first-order valence-electron chi connectivity index (χ1n) is 22.9. The molecule has 0 aliphatic carbocycles. The van der Waals surface area contributed by atoms with Crippen LogP contribution in [0.2, 0.25) is 0 Å². The maximum atomic E-state index is 12.9. The molecule has 24 heteroatoms. The van der Waals surface area contributed by atoms with Crippen LogP contribution >= 0.6 is 0 Å². The molecule has 2 heterocycles. The largest absolute Gasteiger partial charge is 0.394 e. The van der Waals surface area contributed by atoms with Crippen LogP contribution in [-0.2, 0) is 38.1 Å². The monoisotopic (exact) mass is 942 g/mol. The Kier molecular flexibility index (Phi) is 31.0. The molecule has 24 nitrogen and oxygen atoms in total. The molecule has 0 aromatic carbocycles. The molecule has 2 rings (SSSR count). The van der Waals surface area contributed by atoms with Crippen molar-refractivity contribution in [1.82, 2.24) is 36.8 Å². The van der Waals surface area contributed by atoms with E-state index in [1.807, 2.05) is 0 Å². The van der Waals surface area contributed by atoms with Gasteiger partial charge in [0.2, 0.25) is 23.6 Å². The van der Waals surface area contributed by atoms with E-state index < -0.39 is 80.9 Å². The van der Waals surface area contributed by atoms with Gasteiger partial charge in [0.05, 0.1) is 39.5 Å². The topological polar surface area (TPSA) is 363 Å². The van der Waals surface area contributed by atoms with E-state index in [2.05, 4.69) is 31.9 Å². The molecule has 380 valence electrons. The Morgan fingerprint density at radius 3 is 1.49 bits per heavy atom. The van der Waals surface area contributed by atoms with Crippen LogP contribution in [0.1, 0.15) is 77.0 Å². The Morgan fingerprint density at radius 2 is 0.985 bits per heavy atom. The molecule has 0 aromatic heterocycles. The van der Waals surface area contributed by atoms with Gasteiger partial charge < -0.3 is 91.5 Å². The third kappa shape index (κ3) is 24.2. The predicted octanol–water partition coefficient (Wildman–Crippen LogP) is -5.81. The van der Waals surface area contributed by atoms with Gasteiger partial charge in [-0.1, -0.05) is 25.7 Å². The number of amides is 4. The summed E-state index contributed by atoms with van der Waals surface area (Å²) in [6.45, 7) is 1.31. The molecule has 4 amide bonds. The number of carbonyl (C=O) groups is 4. The zero-order chi connectivity index (χ0) is 48.0. The van der Waals surface area contributed by atoms with E-state index in [-0.39, 0.29) is 69.4 Å². The third-order valence-corrected chi connectivity index (χ3v) is 10.9. The molecule has 2 aliphatic heterocycles. The highest BCUT2D eigenvalue weighted by molar-refractivity contribution is 5.81. The number of carbonyl (C=O) groups excluding carboxylic acids is 4. The van der Waals surface area contributed by atoms with Crippen molar-refractivity contribution >= 4 is 23.6 Å². The number of rotatable bonds is 36. The molecule has 0 bridgehead atoms. The second kappa shape index (κ2) is 34.5. The number of ether oxygens (including phenoxy) is 4. The number of aliphatic hydroxyl groups excluding tert-OH is 9. The van der Waals surface area contributed by atoms with E-state index in [1.165, 1.54) is 0 Å². The van der Waals surface area contributed by atoms with Crippen LogP contribution in [0.4, 0.5) is 0 Å². The summed E-state index contributed by atoms with van der Waals surface area (Å²) in [6.07, 6.45) is -6.51. The minimum Gasteiger partial charge on any atom is -0.394 e. The average molecular weight is 942 g/mol. The molecule has 0 saturated carbocycles. The fourth-order valence-corrected chi connectivity index (χ4v) is 7.00. The molecule has 11 unspecified atom stereocenters. The van der Waals surface area contributed by atoms with Gasteiger partial charge in [0.15, 0.2) is 12.6 Å². The molecular formula is C41H79N7O17. The van der Waals surface area contributed by atoms with Crippen LogP contribution in [0.3, 0.4) is 0 Å². The molecular weight excluding hydrogens is 862 g/mol. The fraction of sp³-hybridized carbons (Fsp3) is 0.902. The van der Waals surface area contributed by atoms with Crippen molar-refractivity contribution in [2.75, 3.05) is 92.4 Å². The number of nitrogens with zero attached hydrogens (tertiary/aromatic N) is 1. The van der Waals surface area contributed by atoms with E-state index in [0.717, 1.165) is 32.1 Å². The van der Waals surface area contributed by atoms with Gasteiger partial charge in [-0.2, -0.15) is 0 Å². The van der Waals surface area contributed by atoms with Crippen molar-refractivity contribution in [1.29, 1.82) is 0 Å². The number of unbranched alkanes of at least 4 members (excludes halogenated alkanes) is 7. The maximum Gasteiger partial charge on any atom is 0.234 e. The van der Waals surface area contributed by atoms with Gasteiger partial charge in [-0.05, 0) is 51.6 Å². The van der Waals surface area contributed by atoms with Crippen LogP contribution in [0.15, 0.2) is 0 Å². The normalized spacial score (nSPS) is 26.1. The van der Waals surface area contributed by atoms with Gasteiger partial charge >= 0.3 is 0 Å². The van der Waals surface area contributed by atoms with Crippen LogP contribution < -0.4 is 31.9 Å². The van der Waals surface area contributed by atoms with Crippen LogP contribution in [0.5, 0.6) is 0 Å². The number of hydrogen-bond donors (Lipinski definition) is 15. The summed E-state index contributed by atoms with van der Waals surface area (Å²) in [7, 11) is 1.58. The molecule has 2 saturated heterocycles. The first-order valence-corrected chi connectivity index (χ1v) is 22.9. The van der Waals surface area contributed by atoms with Crippen molar-refractivity contribution in [3.8, 4) is 0 Å². The summed E-state index contributed by atoms with van der Waals surface area (Å²) in [5.41, 5.74) is 0. The zero-order valence-corrected chi connectivity index (χ0v) is 37.8. The van der Waals surface area contributed by atoms with E-state index in [4.69, 9.17) is 18.9 Å². The lowest BCUT2D eigenvalue weighted by Crippen LogP contribution is -2.59. The van der Waals surface area contributed by atoms with E-state index in [0.29, 0.717) is 71.2 Å². The molecule has 11 atom stereocenters. The Balaban J connectivity index is 1.63. The first-order chi connectivity index (χ1) is 31.2. The van der Waals surface area contributed by atoms with Crippen LogP contribution in [0.25, 0.3) is 0 Å². The molecule has 0 aromatic rings. The van der Waals surface area contributed by atoms with E-state index >= 15 is 0 Å². The standard InChI is InChI=1S/C41H79N7O17/c1-42-29(51)12-6-4-10-16-45-32(54)23-48(22-31(53)44-15-9-3-2-8-14-43-18-20-62-40-38(60)36(58)34(56)27(25-49)64-40)24-33(55)46-17-11-5-7-13-30(52)47-19-21-63-41-39(61)37(59)35(57)28(26-50)65-41/h27-28,31,34-41,43-44,49-50,53,56-61H,2-26H2,1H3,(H,42,51)(H,45,54)(H,46,55)(H,47,52).